The smallest absolute Gasteiger partial charge is 0.226 e. The van der Waals surface area contributed by atoms with E-state index in [1.807, 2.05) is 31.2 Å². The maximum atomic E-state index is 12.4. The molecule has 6 heteroatoms. The van der Waals surface area contributed by atoms with Gasteiger partial charge in [0, 0.05) is 31.6 Å². The molecule has 0 saturated carbocycles. The summed E-state index contributed by atoms with van der Waals surface area (Å²) in [5.41, 5.74) is 2.45. The lowest BCUT2D eigenvalue weighted by atomic mass is 10.1. The Morgan fingerprint density at radius 1 is 1.07 bits per heavy atom. The molecule has 0 unspecified atom stereocenters. The van der Waals surface area contributed by atoms with Crippen molar-refractivity contribution in [1.29, 1.82) is 0 Å². The van der Waals surface area contributed by atoms with E-state index in [9.17, 15) is 9.59 Å². The van der Waals surface area contributed by atoms with E-state index in [-0.39, 0.29) is 24.8 Å². The van der Waals surface area contributed by atoms with E-state index in [1.165, 1.54) is 18.9 Å². The van der Waals surface area contributed by atoms with Crippen LogP contribution in [-0.2, 0) is 16.0 Å². The van der Waals surface area contributed by atoms with Crippen LogP contribution in [0.3, 0.4) is 0 Å². The minimum atomic E-state index is -0.177. The van der Waals surface area contributed by atoms with Gasteiger partial charge in [-0.05, 0) is 30.2 Å². The van der Waals surface area contributed by atoms with Crippen molar-refractivity contribution in [1.82, 2.24) is 0 Å². The van der Waals surface area contributed by atoms with Gasteiger partial charge in [-0.1, -0.05) is 25.1 Å². The number of hydrogen-bond acceptors (Lipinski definition) is 4. The second kappa shape index (κ2) is 9.62. The number of benzene rings is 2. The summed E-state index contributed by atoms with van der Waals surface area (Å²) in [6, 6.07) is 12.9. The fourth-order valence-electron chi connectivity index (χ4n) is 2.83. The van der Waals surface area contributed by atoms with Crippen molar-refractivity contribution in [2.24, 2.45) is 0 Å². The van der Waals surface area contributed by atoms with Crippen LogP contribution < -0.4 is 19.7 Å². The van der Waals surface area contributed by atoms with Gasteiger partial charge >= 0.3 is 0 Å². The number of anilines is 2. The van der Waals surface area contributed by atoms with Crippen LogP contribution >= 0.6 is 0 Å². The summed E-state index contributed by atoms with van der Waals surface area (Å²) in [5, 5.41) is 2.93. The van der Waals surface area contributed by atoms with Crippen molar-refractivity contribution < 1.29 is 19.1 Å². The van der Waals surface area contributed by atoms with Crippen LogP contribution in [0, 0.1) is 0 Å². The summed E-state index contributed by atoms with van der Waals surface area (Å²) in [7, 11) is 3.10. The lowest BCUT2D eigenvalue weighted by Crippen LogP contribution is -2.32. The highest BCUT2D eigenvalue weighted by atomic mass is 16.5. The third kappa shape index (κ3) is 5.23. The predicted molar refractivity (Wildman–Crippen MR) is 107 cm³/mol. The fraction of sp³-hybridized carbons (Fsp3) is 0.333. The molecule has 0 spiro atoms. The molecular formula is C21H26N2O4. The minimum absolute atomic E-state index is 0.149. The molecule has 0 fully saturated rings. The van der Waals surface area contributed by atoms with Crippen LogP contribution in [0.4, 0.5) is 11.4 Å². The highest BCUT2D eigenvalue weighted by molar-refractivity contribution is 5.96. The molecule has 2 aromatic carbocycles. The first-order valence-electron chi connectivity index (χ1n) is 8.88. The normalized spacial score (nSPS) is 10.2. The zero-order valence-electron chi connectivity index (χ0n) is 16.2. The maximum Gasteiger partial charge on any atom is 0.226 e. The number of carbonyl (C=O) groups excluding carboxylic acids is 2. The molecule has 0 aliphatic carbocycles. The maximum absolute atomic E-state index is 12.4. The molecule has 0 aliphatic rings. The molecular weight excluding hydrogens is 344 g/mol. The van der Waals surface area contributed by atoms with Crippen LogP contribution in [0.25, 0.3) is 0 Å². The Morgan fingerprint density at radius 3 is 2.44 bits per heavy atom. The second-order valence-corrected chi connectivity index (χ2v) is 6.02. The van der Waals surface area contributed by atoms with Gasteiger partial charge in [-0.25, -0.2) is 0 Å². The van der Waals surface area contributed by atoms with Crippen molar-refractivity contribution >= 4 is 23.2 Å². The molecule has 1 N–H and O–H groups in total. The number of nitrogens with one attached hydrogen (secondary N) is 1. The summed E-state index contributed by atoms with van der Waals surface area (Å²) in [6.45, 7) is 3.74. The average Bonchev–Trinajstić information content (AvgIpc) is 2.68. The molecule has 2 aromatic rings. The first kappa shape index (κ1) is 20.3. The van der Waals surface area contributed by atoms with E-state index in [4.69, 9.17) is 9.47 Å². The Balaban J connectivity index is 2.13. The van der Waals surface area contributed by atoms with Gasteiger partial charge in [0.15, 0.2) is 0 Å². The van der Waals surface area contributed by atoms with E-state index in [2.05, 4.69) is 5.32 Å². The van der Waals surface area contributed by atoms with Gasteiger partial charge in [0.2, 0.25) is 11.8 Å². The Bertz CT molecular complexity index is 805. The van der Waals surface area contributed by atoms with Gasteiger partial charge in [-0.2, -0.15) is 0 Å². The van der Waals surface area contributed by atoms with E-state index in [0.717, 1.165) is 17.7 Å². The number of para-hydroxylation sites is 1. The lowest BCUT2D eigenvalue weighted by Gasteiger charge is -2.23. The van der Waals surface area contributed by atoms with E-state index in [0.29, 0.717) is 17.2 Å². The SMILES string of the molecule is CCc1ccccc1NC(=O)CCN(C(C)=O)c1cc(OC)ccc1OC. The largest absolute Gasteiger partial charge is 0.497 e. The zero-order valence-corrected chi connectivity index (χ0v) is 16.2. The predicted octanol–water partition coefficient (Wildman–Crippen LogP) is 3.65. The number of ether oxygens (including phenoxy) is 2. The van der Waals surface area contributed by atoms with E-state index in [1.54, 1.807) is 25.3 Å². The van der Waals surface area contributed by atoms with Gasteiger partial charge in [0.05, 0.1) is 19.9 Å². The van der Waals surface area contributed by atoms with Crippen molar-refractivity contribution in [2.75, 3.05) is 31.0 Å². The van der Waals surface area contributed by atoms with Gasteiger partial charge in [0.25, 0.3) is 0 Å². The Hall–Kier alpha value is -3.02. The zero-order chi connectivity index (χ0) is 19.8. The molecule has 0 heterocycles. The van der Waals surface area contributed by atoms with E-state index >= 15 is 0 Å². The summed E-state index contributed by atoms with van der Waals surface area (Å²) in [4.78, 5) is 26.1. The summed E-state index contributed by atoms with van der Waals surface area (Å²) in [5.74, 6) is 0.827. The third-order valence-electron chi connectivity index (χ3n) is 4.29. The molecule has 144 valence electrons. The molecule has 0 saturated heterocycles. The van der Waals surface area contributed by atoms with E-state index < -0.39 is 0 Å². The number of carbonyl (C=O) groups is 2. The highest BCUT2D eigenvalue weighted by Gasteiger charge is 2.18. The standard InChI is InChI=1S/C21H26N2O4/c1-5-16-8-6-7-9-18(16)22-21(25)12-13-23(15(2)24)19-14-17(26-3)10-11-20(19)27-4/h6-11,14H,5,12-13H2,1-4H3,(H,22,25). The summed E-state index contributed by atoms with van der Waals surface area (Å²) >= 11 is 0. The van der Waals surface area contributed by atoms with Crippen molar-refractivity contribution in [3.05, 3.63) is 48.0 Å². The van der Waals surface area contributed by atoms with Crippen molar-refractivity contribution in [3.63, 3.8) is 0 Å². The number of nitrogens with zero attached hydrogens (tertiary/aromatic N) is 1. The molecule has 0 radical (unpaired) electrons. The average molecular weight is 370 g/mol. The number of amides is 2. The minimum Gasteiger partial charge on any atom is -0.497 e. The highest BCUT2D eigenvalue weighted by Crippen LogP contribution is 2.32. The number of aryl methyl sites for hydroxylation is 1. The topological polar surface area (TPSA) is 67.9 Å². The molecule has 2 amide bonds. The van der Waals surface area contributed by atoms with Crippen LogP contribution in [0.2, 0.25) is 0 Å². The fourth-order valence-corrected chi connectivity index (χ4v) is 2.83. The molecule has 0 atom stereocenters. The molecule has 2 rings (SSSR count). The van der Waals surface area contributed by atoms with Crippen LogP contribution in [0.5, 0.6) is 11.5 Å². The molecule has 0 aromatic heterocycles. The van der Waals surface area contributed by atoms with Crippen LogP contribution in [0.1, 0.15) is 25.8 Å². The van der Waals surface area contributed by atoms with Gasteiger partial charge < -0.3 is 19.7 Å². The first-order chi connectivity index (χ1) is 13.0. The molecule has 6 nitrogen and oxygen atoms in total. The lowest BCUT2D eigenvalue weighted by molar-refractivity contribution is -0.117. The summed E-state index contributed by atoms with van der Waals surface area (Å²) < 4.78 is 10.6. The Morgan fingerprint density at radius 2 is 1.81 bits per heavy atom. The Labute approximate surface area is 160 Å². The number of rotatable bonds is 8. The number of hydrogen-bond donors (Lipinski definition) is 1. The molecule has 0 aliphatic heterocycles. The van der Waals surface area contributed by atoms with Gasteiger partial charge in [-0.15, -0.1) is 0 Å². The molecule has 27 heavy (non-hydrogen) atoms. The number of methoxy groups -OCH3 is 2. The first-order valence-corrected chi connectivity index (χ1v) is 8.88. The van der Waals surface area contributed by atoms with Crippen molar-refractivity contribution in [2.45, 2.75) is 26.7 Å². The van der Waals surface area contributed by atoms with Crippen LogP contribution in [-0.4, -0.2) is 32.6 Å². The van der Waals surface area contributed by atoms with Gasteiger partial charge in [0.1, 0.15) is 11.5 Å². The molecule has 0 bridgehead atoms. The third-order valence-corrected chi connectivity index (χ3v) is 4.29. The quantitative estimate of drug-likeness (QED) is 0.770. The summed E-state index contributed by atoms with van der Waals surface area (Å²) in [6.07, 6.45) is 0.995. The Kier molecular flexibility index (Phi) is 7.23. The van der Waals surface area contributed by atoms with Crippen molar-refractivity contribution in [3.8, 4) is 11.5 Å². The van der Waals surface area contributed by atoms with Gasteiger partial charge in [-0.3, -0.25) is 9.59 Å². The second-order valence-electron chi connectivity index (χ2n) is 6.02. The monoisotopic (exact) mass is 370 g/mol. The van der Waals surface area contributed by atoms with Crippen LogP contribution in [0.15, 0.2) is 42.5 Å².